The van der Waals surface area contributed by atoms with E-state index in [2.05, 4.69) is 29.5 Å². The lowest BCUT2D eigenvalue weighted by molar-refractivity contribution is -0.114. The first-order chi connectivity index (χ1) is 13.4. The fourth-order valence-corrected chi connectivity index (χ4v) is 4.95. The quantitative estimate of drug-likeness (QED) is 0.299. The van der Waals surface area contributed by atoms with Crippen molar-refractivity contribution >= 4 is 62.9 Å². The Morgan fingerprint density at radius 2 is 1.93 bits per heavy atom. The highest BCUT2D eigenvalue weighted by atomic mass is 127. The second kappa shape index (κ2) is 8.87. The molecule has 2 aromatic rings. The van der Waals surface area contributed by atoms with Crippen LogP contribution in [0.5, 0.6) is 11.5 Å². The summed E-state index contributed by atoms with van der Waals surface area (Å²) < 4.78 is 14.6. The van der Waals surface area contributed by atoms with E-state index in [0.29, 0.717) is 21.6 Å². The Morgan fingerprint density at radius 1 is 1.25 bits per heavy atom. The lowest BCUT2D eigenvalue weighted by Crippen LogP contribution is -2.39. The first-order valence-corrected chi connectivity index (χ1v) is 11.1. The number of hydrogen-bond donors (Lipinski definition) is 0. The van der Waals surface area contributed by atoms with Crippen LogP contribution in [0, 0.1) is 17.4 Å². The number of amides is 1. The van der Waals surface area contributed by atoms with Crippen molar-refractivity contribution in [2.45, 2.75) is 27.2 Å². The van der Waals surface area contributed by atoms with Gasteiger partial charge in [-0.25, -0.2) is 0 Å². The molecule has 0 aliphatic carbocycles. The van der Waals surface area contributed by atoms with Crippen molar-refractivity contribution in [2.24, 2.45) is 0 Å². The van der Waals surface area contributed by atoms with Gasteiger partial charge in [-0.15, -0.1) is 0 Å². The Morgan fingerprint density at radius 3 is 2.54 bits per heavy atom. The number of carbonyl (C=O) groups is 1. The molecule has 1 aromatic carbocycles. The molecule has 1 aromatic heterocycles. The number of thioether (sulfide) groups is 1. The standard InChI is InChI=1S/C20H21IN2O3S2/c1-5-8-26-18-15(21)9-14(10-16(18)25-4)11-17-19(24)23(20(27)28-17)22-12(2)6-7-13(22)3/h6-7,9-11H,5,8H2,1-4H3/b17-11-. The second-order valence-electron chi connectivity index (χ2n) is 6.30. The SMILES string of the molecule is CCCOc1c(I)cc(/C=C2\SC(=S)N(n3c(C)ccc3C)C2=O)cc1OC. The minimum atomic E-state index is -0.127. The smallest absolute Gasteiger partial charge is 0.285 e. The molecule has 28 heavy (non-hydrogen) atoms. The summed E-state index contributed by atoms with van der Waals surface area (Å²) in [6.07, 6.45) is 2.77. The first-order valence-electron chi connectivity index (χ1n) is 8.80. The Labute approximate surface area is 188 Å². The van der Waals surface area contributed by atoms with E-state index in [1.165, 1.54) is 11.8 Å². The molecular formula is C20H21IN2O3S2. The van der Waals surface area contributed by atoms with E-state index in [-0.39, 0.29) is 5.91 Å². The van der Waals surface area contributed by atoms with Crippen LogP contribution in [0.4, 0.5) is 0 Å². The van der Waals surface area contributed by atoms with Gasteiger partial charge >= 0.3 is 0 Å². The van der Waals surface area contributed by atoms with E-state index in [0.717, 1.165) is 32.7 Å². The maximum absolute atomic E-state index is 13.0. The van der Waals surface area contributed by atoms with E-state index in [9.17, 15) is 4.79 Å². The summed E-state index contributed by atoms with van der Waals surface area (Å²) in [5.41, 5.74) is 2.79. The van der Waals surface area contributed by atoms with Gasteiger partial charge in [0.1, 0.15) is 0 Å². The number of benzene rings is 1. The number of rotatable bonds is 6. The van der Waals surface area contributed by atoms with Crippen LogP contribution in [-0.4, -0.2) is 28.6 Å². The Kier molecular flexibility index (Phi) is 6.72. The summed E-state index contributed by atoms with van der Waals surface area (Å²) in [6.45, 7) is 6.60. The van der Waals surface area contributed by atoms with Crippen LogP contribution in [0.25, 0.3) is 6.08 Å². The molecule has 0 unspecified atom stereocenters. The predicted molar refractivity (Wildman–Crippen MR) is 127 cm³/mol. The third-order valence-corrected chi connectivity index (χ3v) is 6.29. The molecule has 0 saturated carbocycles. The van der Waals surface area contributed by atoms with Crippen LogP contribution in [0.15, 0.2) is 29.2 Å². The van der Waals surface area contributed by atoms with Gasteiger partial charge < -0.3 is 9.47 Å². The molecule has 1 aliphatic rings. The largest absolute Gasteiger partial charge is 0.493 e. The number of halogens is 1. The van der Waals surface area contributed by atoms with Crippen molar-refractivity contribution in [3.05, 3.63) is 49.7 Å². The molecule has 2 heterocycles. The van der Waals surface area contributed by atoms with Crippen LogP contribution in [0.3, 0.4) is 0 Å². The highest BCUT2D eigenvalue weighted by molar-refractivity contribution is 14.1. The Balaban J connectivity index is 1.95. The van der Waals surface area contributed by atoms with Crippen LogP contribution < -0.4 is 14.5 Å². The maximum Gasteiger partial charge on any atom is 0.285 e. The average Bonchev–Trinajstić information content (AvgIpc) is 3.12. The molecule has 1 amide bonds. The Bertz CT molecular complexity index is 949. The van der Waals surface area contributed by atoms with E-state index in [1.807, 2.05) is 48.9 Å². The molecule has 5 nitrogen and oxygen atoms in total. The molecule has 0 N–H and O–H groups in total. The van der Waals surface area contributed by atoms with Crippen LogP contribution in [0.2, 0.25) is 0 Å². The van der Waals surface area contributed by atoms with Crippen molar-refractivity contribution in [2.75, 3.05) is 18.7 Å². The van der Waals surface area contributed by atoms with Gasteiger partial charge in [0, 0.05) is 11.4 Å². The van der Waals surface area contributed by atoms with Crippen molar-refractivity contribution in [3.63, 3.8) is 0 Å². The molecule has 8 heteroatoms. The molecule has 148 valence electrons. The van der Waals surface area contributed by atoms with E-state index >= 15 is 0 Å². The predicted octanol–water partition coefficient (Wildman–Crippen LogP) is 5.04. The van der Waals surface area contributed by atoms with E-state index in [1.54, 1.807) is 12.1 Å². The van der Waals surface area contributed by atoms with Gasteiger partial charge in [-0.2, -0.15) is 5.01 Å². The summed E-state index contributed by atoms with van der Waals surface area (Å²) in [6, 6.07) is 7.80. The molecule has 3 rings (SSSR count). The summed E-state index contributed by atoms with van der Waals surface area (Å²) in [5, 5.41) is 1.55. The minimum Gasteiger partial charge on any atom is -0.493 e. The first kappa shape index (κ1) is 21.2. The highest BCUT2D eigenvalue weighted by Gasteiger charge is 2.34. The van der Waals surface area contributed by atoms with Crippen LogP contribution in [0.1, 0.15) is 30.3 Å². The minimum absolute atomic E-state index is 0.127. The van der Waals surface area contributed by atoms with Crippen molar-refractivity contribution < 1.29 is 14.3 Å². The normalized spacial score (nSPS) is 15.6. The fraction of sp³-hybridized carbons (Fsp3) is 0.300. The summed E-state index contributed by atoms with van der Waals surface area (Å²) in [7, 11) is 1.62. The summed E-state index contributed by atoms with van der Waals surface area (Å²) in [4.78, 5) is 13.6. The number of ether oxygens (including phenoxy) is 2. The zero-order chi connectivity index (χ0) is 20.4. The maximum atomic E-state index is 13.0. The number of hydrogen-bond acceptors (Lipinski definition) is 5. The molecule has 1 saturated heterocycles. The number of carbonyl (C=O) groups excluding carboxylic acids is 1. The summed E-state index contributed by atoms with van der Waals surface area (Å²) in [5.74, 6) is 1.25. The zero-order valence-corrected chi connectivity index (χ0v) is 19.9. The van der Waals surface area contributed by atoms with Gasteiger partial charge in [0.05, 0.1) is 22.2 Å². The molecule has 0 spiro atoms. The molecule has 0 radical (unpaired) electrons. The lowest BCUT2D eigenvalue weighted by atomic mass is 10.2. The fourth-order valence-electron chi connectivity index (χ4n) is 2.93. The van der Waals surface area contributed by atoms with Gasteiger partial charge in [-0.05, 0) is 91.0 Å². The van der Waals surface area contributed by atoms with Crippen molar-refractivity contribution in [1.82, 2.24) is 4.68 Å². The van der Waals surface area contributed by atoms with Crippen LogP contribution in [-0.2, 0) is 4.79 Å². The molecular weight excluding hydrogens is 507 g/mol. The van der Waals surface area contributed by atoms with Crippen molar-refractivity contribution in [1.29, 1.82) is 0 Å². The lowest BCUT2D eigenvalue weighted by Gasteiger charge is -2.20. The number of thiocarbonyl (C=S) groups is 1. The van der Waals surface area contributed by atoms with Gasteiger partial charge in [0.25, 0.3) is 5.91 Å². The summed E-state index contributed by atoms with van der Waals surface area (Å²) >= 11 is 9.01. The van der Waals surface area contributed by atoms with Gasteiger partial charge in [-0.1, -0.05) is 18.7 Å². The molecule has 1 fully saturated rings. The second-order valence-corrected chi connectivity index (χ2v) is 9.14. The van der Waals surface area contributed by atoms with Gasteiger partial charge in [0.15, 0.2) is 15.8 Å². The number of methoxy groups -OCH3 is 1. The van der Waals surface area contributed by atoms with Crippen LogP contribution >= 0.6 is 46.6 Å². The van der Waals surface area contributed by atoms with E-state index < -0.39 is 0 Å². The monoisotopic (exact) mass is 528 g/mol. The van der Waals surface area contributed by atoms with Crippen molar-refractivity contribution in [3.8, 4) is 11.5 Å². The Hall–Kier alpha value is -1.52. The van der Waals surface area contributed by atoms with E-state index in [4.69, 9.17) is 21.7 Å². The number of aryl methyl sites for hydroxylation is 2. The molecule has 0 bridgehead atoms. The third-order valence-electron chi connectivity index (χ3n) is 4.21. The average molecular weight is 528 g/mol. The highest BCUT2D eigenvalue weighted by Crippen LogP contribution is 2.37. The zero-order valence-electron chi connectivity index (χ0n) is 16.1. The van der Waals surface area contributed by atoms with Gasteiger partial charge in [0.2, 0.25) is 0 Å². The van der Waals surface area contributed by atoms with Gasteiger partial charge in [-0.3, -0.25) is 9.47 Å². The topological polar surface area (TPSA) is 43.7 Å². The molecule has 1 aliphatic heterocycles. The number of aromatic nitrogens is 1. The number of nitrogens with zero attached hydrogens (tertiary/aromatic N) is 2. The molecule has 0 atom stereocenters. The third kappa shape index (κ3) is 4.08.